The van der Waals surface area contributed by atoms with Gasteiger partial charge < -0.3 is 14.8 Å². The Kier molecular flexibility index (Phi) is 4.75. The number of aromatic carboxylic acids is 1. The molecule has 0 saturated carbocycles. The van der Waals surface area contributed by atoms with Crippen molar-refractivity contribution in [2.45, 2.75) is 12.8 Å². The van der Waals surface area contributed by atoms with Crippen LogP contribution >= 0.6 is 0 Å². The van der Waals surface area contributed by atoms with Gasteiger partial charge in [-0.3, -0.25) is 9.78 Å². The van der Waals surface area contributed by atoms with Gasteiger partial charge in [0.25, 0.3) is 5.56 Å². The summed E-state index contributed by atoms with van der Waals surface area (Å²) in [6, 6.07) is 6.66. The van der Waals surface area contributed by atoms with E-state index in [1.807, 2.05) is 4.98 Å². The summed E-state index contributed by atoms with van der Waals surface area (Å²) in [6.45, 7) is 0. The van der Waals surface area contributed by atoms with Crippen molar-refractivity contribution in [3.63, 3.8) is 0 Å². The summed E-state index contributed by atoms with van der Waals surface area (Å²) in [6.07, 6.45) is 0.280. The van der Waals surface area contributed by atoms with Gasteiger partial charge in [-0.25, -0.2) is 14.4 Å². The number of aromatic nitrogens is 2. The molecule has 2 rings (SSSR count). The summed E-state index contributed by atoms with van der Waals surface area (Å²) in [4.78, 5) is 50.0. The zero-order valence-electron chi connectivity index (χ0n) is 12.2. The van der Waals surface area contributed by atoms with Crippen LogP contribution in [0.3, 0.4) is 0 Å². The van der Waals surface area contributed by atoms with E-state index in [2.05, 4.69) is 9.72 Å². The largest absolute Gasteiger partial charge is 0.477 e. The monoisotopic (exact) mass is 318 g/mol. The van der Waals surface area contributed by atoms with Gasteiger partial charge in [-0.05, 0) is 24.5 Å². The third-order valence-electron chi connectivity index (χ3n) is 3.32. The Labute approximate surface area is 129 Å². The molecule has 0 aliphatic rings. The highest BCUT2D eigenvalue weighted by Gasteiger charge is 2.17. The molecular formula is C15H14N2O6. The van der Waals surface area contributed by atoms with Crippen LogP contribution in [0.4, 0.5) is 0 Å². The first kappa shape index (κ1) is 16.2. The van der Waals surface area contributed by atoms with E-state index in [0.29, 0.717) is 11.1 Å². The fourth-order valence-electron chi connectivity index (χ4n) is 2.24. The van der Waals surface area contributed by atoms with Crippen LogP contribution in [0.2, 0.25) is 0 Å². The average molecular weight is 318 g/mol. The van der Waals surface area contributed by atoms with Crippen LogP contribution in [0.1, 0.15) is 32.0 Å². The van der Waals surface area contributed by atoms with Gasteiger partial charge in [-0.15, -0.1) is 0 Å². The number of hydrogen-bond acceptors (Lipinski definition) is 5. The maximum absolute atomic E-state index is 11.8. The maximum atomic E-state index is 11.8. The van der Waals surface area contributed by atoms with Crippen LogP contribution < -0.4 is 11.2 Å². The number of esters is 1. The minimum absolute atomic E-state index is 0.0434. The van der Waals surface area contributed by atoms with Gasteiger partial charge in [0, 0.05) is 5.56 Å². The summed E-state index contributed by atoms with van der Waals surface area (Å²) < 4.78 is 4.68. The van der Waals surface area contributed by atoms with E-state index in [-0.39, 0.29) is 18.4 Å². The van der Waals surface area contributed by atoms with Crippen LogP contribution in [0.15, 0.2) is 33.9 Å². The smallest absolute Gasteiger partial charge is 0.352 e. The molecule has 0 bridgehead atoms. The Morgan fingerprint density at radius 2 is 1.83 bits per heavy atom. The molecule has 0 aliphatic heterocycles. The van der Waals surface area contributed by atoms with Crippen LogP contribution in [-0.2, 0) is 17.6 Å². The molecule has 120 valence electrons. The van der Waals surface area contributed by atoms with E-state index in [4.69, 9.17) is 5.11 Å². The molecule has 8 nitrogen and oxygen atoms in total. The lowest BCUT2D eigenvalue weighted by Crippen LogP contribution is -2.30. The molecule has 23 heavy (non-hydrogen) atoms. The topological polar surface area (TPSA) is 129 Å². The average Bonchev–Trinajstić information content (AvgIpc) is 2.52. The second-order valence-corrected chi connectivity index (χ2v) is 4.72. The normalized spacial score (nSPS) is 10.3. The Morgan fingerprint density at radius 3 is 2.48 bits per heavy atom. The van der Waals surface area contributed by atoms with E-state index < -0.39 is 28.9 Å². The van der Waals surface area contributed by atoms with Crippen molar-refractivity contribution in [3.05, 3.63) is 67.5 Å². The van der Waals surface area contributed by atoms with Crippen LogP contribution in [-0.4, -0.2) is 34.1 Å². The SMILES string of the molecule is COC(=O)c1ccccc1CCc1c(C(=O)O)[nH]c(=O)[nH]c1=O. The fourth-order valence-corrected chi connectivity index (χ4v) is 2.24. The van der Waals surface area contributed by atoms with Crippen molar-refractivity contribution in [3.8, 4) is 0 Å². The molecule has 0 spiro atoms. The van der Waals surface area contributed by atoms with Crippen molar-refractivity contribution >= 4 is 11.9 Å². The molecule has 0 unspecified atom stereocenters. The molecule has 1 aromatic carbocycles. The number of hydrogen-bond donors (Lipinski definition) is 3. The molecular weight excluding hydrogens is 304 g/mol. The number of carboxylic acids is 1. The van der Waals surface area contributed by atoms with Gasteiger partial charge >= 0.3 is 17.6 Å². The third-order valence-corrected chi connectivity index (χ3v) is 3.32. The van der Waals surface area contributed by atoms with E-state index in [9.17, 15) is 19.2 Å². The lowest BCUT2D eigenvalue weighted by atomic mass is 9.99. The first-order valence-electron chi connectivity index (χ1n) is 6.69. The maximum Gasteiger partial charge on any atom is 0.352 e. The van der Waals surface area contributed by atoms with Gasteiger partial charge in [0.2, 0.25) is 0 Å². The number of nitrogens with one attached hydrogen (secondary N) is 2. The lowest BCUT2D eigenvalue weighted by Gasteiger charge is -2.08. The molecule has 0 radical (unpaired) electrons. The molecule has 1 heterocycles. The van der Waals surface area contributed by atoms with Crippen molar-refractivity contribution in [1.82, 2.24) is 9.97 Å². The predicted molar refractivity (Wildman–Crippen MR) is 79.8 cm³/mol. The molecule has 0 saturated heterocycles. The van der Waals surface area contributed by atoms with Crippen molar-refractivity contribution < 1.29 is 19.4 Å². The van der Waals surface area contributed by atoms with Crippen molar-refractivity contribution in [1.29, 1.82) is 0 Å². The zero-order chi connectivity index (χ0) is 17.0. The Bertz CT molecular complexity index is 865. The minimum Gasteiger partial charge on any atom is -0.477 e. The molecule has 3 N–H and O–H groups in total. The van der Waals surface area contributed by atoms with Gasteiger partial charge in [0.15, 0.2) is 0 Å². The molecule has 0 aliphatic carbocycles. The number of carbonyl (C=O) groups excluding carboxylic acids is 1. The summed E-state index contributed by atoms with van der Waals surface area (Å²) in [5.41, 5.74) is -1.20. The number of rotatable bonds is 5. The highest BCUT2D eigenvalue weighted by atomic mass is 16.5. The van der Waals surface area contributed by atoms with Crippen LogP contribution in [0.5, 0.6) is 0 Å². The predicted octanol–water partition coefficient (Wildman–Crippen LogP) is 0.333. The fraction of sp³-hybridized carbons (Fsp3) is 0.200. The van der Waals surface area contributed by atoms with E-state index in [1.165, 1.54) is 7.11 Å². The molecule has 2 aromatic rings. The zero-order valence-corrected chi connectivity index (χ0v) is 12.2. The number of carbonyl (C=O) groups is 2. The first-order valence-corrected chi connectivity index (χ1v) is 6.69. The molecule has 1 aromatic heterocycles. The standard InChI is InChI=1S/C15H14N2O6/c1-23-14(21)9-5-3-2-4-8(9)6-7-10-11(13(19)20)16-15(22)17-12(10)18/h2-5H,6-7H2,1H3,(H,19,20)(H2,16,17,18,22). The van der Waals surface area contributed by atoms with Gasteiger partial charge in [0.1, 0.15) is 5.69 Å². The quantitative estimate of drug-likeness (QED) is 0.681. The highest BCUT2D eigenvalue weighted by molar-refractivity contribution is 5.91. The molecule has 8 heteroatoms. The highest BCUT2D eigenvalue weighted by Crippen LogP contribution is 2.13. The number of aromatic amines is 2. The third kappa shape index (κ3) is 3.54. The summed E-state index contributed by atoms with van der Waals surface area (Å²) in [7, 11) is 1.26. The van der Waals surface area contributed by atoms with Crippen LogP contribution in [0.25, 0.3) is 0 Å². The Morgan fingerprint density at radius 1 is 1.13 bits per heavy atom. The van der Waals surface area contributed by atoms with E-state index >= 15 is 0 Å². The van der Waals surface area contributed by atoms with Crippen LogP contribution in [0, 0.1) is 0 Å². The number of aryl methyl sites for hydroxylation is 1. The summed E-state index contributed by atoms with van der Waals surface area (Å²) in [5, 5.41) is 9.10. The Hall–Kier alpha value is -3.16. The summed E-state index contributed by atoms with van der Waals surface area (Å²) in [5.74, 6) is -1.92. The second-order valence-electron chi connectivity index (χ2n) is 4.72. The van der Waals surface area contributed by atoms with Crippen molar-refractivity contribution in [2.75, 3.05) is 7.11 Å². The van der Waals surface area contributed by atoms with E-state index in [0.717, 1.165) is 0 Å². The number of ether oxygens (including phenoxy) is 1. The first-order chi connectivity index (χ1) is 10.9. The number of H-pyrrole nitrogens is 2. The Balaban J connectivity index is 2.36. The lowest BCUT2D eigenvalue weighted by molar-refractivity contribution is 0.0598. The van der Waals surface area contributed by atoms with Gasteiger partial charge in [-0.1, -0.05) is 18.2 Å². The summed E-state index contributed by atoms with van der Waals surface area (Å²) >= 11 is 0. The van der Waals surface area contributed by atoms with E-state index in [1.54, 1.807) is 24.3 Å². The number of carboxylic acid groups (broad SMARTS) is 1. The number of benzene rings is 1. The van der Waals surface area contributed by atoms with Crippen molar-refractivity contribution in [2.24, 2.45) is 0 Å². The molecule has 0 atom stereocenters. The van der Waals surface area contributed by atoms with Gasteiger partial charge in [0.05, 0.1) is 12.7 Å². The molecule has 0 amide bonds. The minimum atomic E-state index is -1.40. The number of methoxy groups -OCH3 is 1. The molecule has 0 fully saturated rings. The van der Waals surface area contributed by atoms with Gasteiger partial charge in [-0.2, -0.15) is 0 Å². The second kappa shape index (κ2) is 6.73.